The maximum atomic E-state index is 12.3. The number of non-ortho nitro benzene ring substituents is 1. The number of fused-ring (bicyclic) bond motifs is 1. The lowest BCUT2D eigenvalue weighted by atomic mass is 10.2. The largest absolute Gasteiger partial charge is 0.449 e. The highest BCUT2D eigenvalue weighted by molar-refractivity contribution is 7.90. The SMILES string of the molecule is CC(OC(=O)C1=CN2CCS(=O)(=O)N=C2C=C1)C(=O)Nc1ccc([N+](=O)[O-])cc1. The standard InChI is InChI=1S/C17H16N4O7S/c1-11(16(22)18-13-3-5-14(6-4-13)21(24)25)28-17(23)12-2-7-15-19-29(26,27)9-8-20(15)10-12/h2-7,10-11H,8-9H2,1H3,(H,18,22). The van der Waals surface area contributed by atoms with E-state index in [4.69, 9.17) is 4.74 Å². The first-order chi connectivity index (χ1) is 13.6. The Bertz CT molecular complexity index is 1060. The first-order valence-electron chi connectivity index (χ1n) is 8.40. The van der Waals surface area contributed by atoms with Gasteiger partial charge in [0.15, 0.2) is 6.10 Å². The van der Waals surface area contributed by atoms with Crippen LogP contribution >= 0.6 is 0 Å². The number of amidine groups is 1. The van der Waals surface area contributed by atoms with Crippen LogP contribution in [-0.2, 0) is 24.3 Å². The van der Waals surface area contributed by atoms with E-state index < -0.39 is 32.9 Å². The van der Waals surface area contributed by atoms with Gasteiger partial charge in [0.25, 0.3) is 21.6 Å². The van der Waals surface area contributed by atoms with Gasteiger partial charge in [0, 0.05) is 30.6 Å². The maximum absolute atomic E-state index is 12.3. The van der Waals surface area contributed by atoms with Crippen molar-refractivity contribution in [3.8, 4) is 0 Å². The van der Waals surface area contributed by atoms with Crippen LogP contribution in [0.2, 0.25) is 0 Å². The van der Waals surface area contributed by atoms with Gasteiger partial charge >= 0.3 is 5.97 Å². The number of ether oxygens (including phenoxy) is 1. The molecule has 3 rings (SSSR count). The van der Waals surface area contributed by atoms with E-state index in [0.717, 1.165) is 0 Å². The van der Waals surface area contributed by atoms with Crippen molar-refractivity contribution in [3.63, 3.8) is 0 Å². The van der Waals surface area contributed by atoms with Crippen molar-refractivity contribution in [2.75, 3.05) is 17.6 Å². The molecule has 1 atom stereocenters. The van der Waals surface area contributed by atoms with Gasteiger partial charge in [0.05, 0.1) is 16.2 Å². The third-order valence-corrected chi connectivity index (χ3v) is 5.22. The number of nitrogens with zero attached hydrogens (tertiary/aromatic N) is 3. The molecule has 1 unspecified atom stereocenters. The Morgan fingerprint density at radius 3 is 2.62 bits per heavy atom. The number of carbonyl (C=O) groups is 2. The number of esters is 1. The maximum Gasteiger partial charge on any atom is 0.340 e. The summed E-state index contributed by atoms with van der Waals surface area (Å²) in [5.41, 5.74) is 0.334. The van der Waals surface area contributed by atoms with E-state index in [2.05, 4.69) is 9.71 Å². The van der Waals surface area contributed by atoms with Crippen LogP contribution in [0.3, 0.4) is 0 Å². The number of hydrogen-bond acceptors (Lipinski definition) is 8. The van der Waals surface area contributed by atoms with Gasteiger partial charge in [-0.2, -0.15) is 0 Å². The van der Waals surface area contributed by atoms with Crippen LogP contribution in [0.15, 0.2) is 52.6 Å². The molecular formula is C17H16N4O7S. The number of nitro benzene ring substituents is 1. The quantitative estimate of drug-likeness (QED) is 0.421. The van der Waals surface area contributed by atoms with Crippen molar-refractivity contribution < 1.29 is 27.7 Å². The summed E-state index contributed by atoms with van der Waals surface area (Å²) in [6.07, 6.45) is 3.02. The zero-order valence-corrected chi connectivity index (χ0v) is 16.0. The van der Waals surface area contributed by atoms with Gasteiger partial charge in [-0.25, -0.2) is 13.2 Å². The summed E-state index contributed by atoms with van der Waals surface area (Å²) in [5.74, 6) is -1.34. The summed E-state index contributed by atoms with van der Waals surface area (Å²) in [6, 6.07) is 5.20. The molecule has 0 spiro atoms. The number of rotatable bonds is 5. The topological polar surface area (TPSA) is 148 Å². The third kappa shape index (κ3) is 4.85. The lowest BCUT2D eigenvalue weighted by Crippen LogP contribution is -2.37. The molecule has 0 bridgehead atoms. The van der Waals surface area contributed by atoms with E-state index in [1.165, 1.54) is 54.4 Å². The molecule has 1 amide bonds. The average Bonchev–Trinajstić information content (AvgIpc) is 2.67. The second kappa shape index (κ2) is 7.83. The van der Waals surface area contributed by atoms with Crippen LogP contribution in [0, 0.1) is 10.1 Å². The summed E-state index contributed by atoms with van der Waals surface area (Å²) in [6.45, 7) is 1.53. The molecule has 12 heteroatoms. The fourth-order valence-corrected chi connectivity index (χ4v) is 3.48. The summed E-state index contributed by atoms with van der Waals surface area (Å²) >= 11 is 0. The van der Waals surface area contributed by atoms with Crippen LogP contribution in [-0.4, -0.2) is 54.4 Å². The Morgan fingerprint density at radius 1 is 1.28 bits per heavy atom. The zero-order chi connectivity index (χ0) is 21.2. The molecule has 0 radical (unpaired) electrons. The molecule has 0 aliphatic carbocycles. The molecule has 0 saturated carbocycles. The molecule has 1 N–H and O–H groups in total. The Hall–Kier alpha value is -3.54. The number of amides is 1. The Morgan fingerprint density at radius 2 is 1.97 bits per heavy atom. The highest BCUT2D eigenvalue weighted by Crippen LogP contribution is 2.18. The summed E-state index contributed by atoms with van der Waals surface area (Å²) in [4.78, 5) is 36.1. The fourth-order valence-electron chi connectivity index (χ4n) is 2.51. The molecule has 1 aromatic rings. The number of anilines is 1. The third-order valence-electron chi connectivity index (χ3n) is 4.06. The van der Waals surface area contributed by atoms with Crippen LogP contribution in [0.1, 0.15) is 6.92 Å². The van der Waals surface area contributed by atoms with E-state index in [0.29, 0.717) is 5.69 Å². The van der Waals surface area contributed by atoms with Gasteiger partial charge in [-0.05, 0) is 31.2 Å². The molecule has 2 aliphatic rings. The van der Waals surface area contributed by atoms with Crippen LogP contribution in [0.4, 0.5) is 11.4 Å². The second-order valence-corrected chi connectivity index (χ2v) is 7.94. The Labute approximate surface area is 165 Å². The van der Waals surface area contributed by atoms with Gasteiger partial charge in [-0.15, -0.1) is 4.40 Å². The van der Waals surface area contributed by atoms with Crippen molar-refractivity contribution in [2.45, 2.75) is 13.0 Å². The normalized spacial score (nSPS) is 18.0. The Kier molecular flexibility index (Phi) is 5.46. The van der Waals surface area contributed by atoms with Gasteiger partial charge in [0.1, 0.15) is 5.84 Å². The van der Waals surface area contributed by atoms with E-state index in [-0.39, 0.29) is 29.4 Å². The minimum absolute atomic E-state index is 0.119. The predicted octanol–water partition coefficient (Wildman–Crippen LogP) is 0.963. The first kappa shape index (κ1) is 20.2. The highest BCUT2D eigenvalue weighted by atomic mass is 32.2. The first-order valence-corrected chi connectivity index (χ1v) is 10.0. The van der Waals surface area contributed by atoms with E-state index in [1.54, 1.807) is 0 Å². The van der Waals surface area contributed by atoms with Crippen molar-refractivity contribution >= 4 is 39.1 Å². The number of hydrogen-bond donors (Lipinski definition) is 1. The van der Waals surface area contributed by atoms with E-state index in [1.807, 2.05) is 0 Å². The number of nitrogens with one attached hydrogen (secondary N) is 1. The van der Waals surface area contributed by atoms with Crippen molar-refractivity contribution in [1.82, 2.24) is 4.90 Å². The molecule has 11 nitrogen and oxygen atoms in total. The van der Waals surface area contributed by atoms with Gasteiger partial charge < -0.3 is 15.0 Å². The molecule has 0 saturated heterocycles. The van der Waals surface area contributed by atoms with Crippen molar-refractivity contribution in [2.24, 2.45) is 4.40 Å². The molecule has 152 valence electrons. The number of nitro groups is 1. The number of carbonyl (C=O) groups excluding carboxylic acids is 2. The summed E-state index contributed by atoms with van der Waals surface area (Å²) in [5, 5.41) is 13.1. The summed E-state index contributed by atoms with van der Waals surface area (Å²) in [7, 11) is -3.50. The zero-order valence-electron chi connectivity index (χ0n) is 15.1. The monoisotopic (exact) mass is 420 g/mol. The van der Waals surface area contributed by atoms with Gasteiger partial charge in [-0.3, -0.25) is 14.9 Å². The predicted molar refractivity (Wildman–Crippen MR) is 102 cm³/mol. The number of benzene rings is 1. The smallest absolute Gasteiger partial charge is 0.340 e. The highest BCUT2D eigenvalue weighted by Gasteiger charge is 2.27. The number of sulfonamides is 1. The minimum atomic E-state index is -3.50. The average molecular weight is 420 g/mol. The molecular weight excluding hydrogens is 404 g/mol. The van der Waals surface area contributed by atoms with Crippen LogP contribution < -0.4 is 5.32 Å². The van der Waals surface area contributed by atoms with Gasteiger partial charge in [0.2, 0.25) is 0 Å². The lowest BCUT2D eigenvalue weighted by Gasteiger charge is -2.27. The molecule has 2 heterocycles. The second-order valence-electron chi connectivity index (χ2n) is 6.19. The molecule has 0 aromatic heterocycles. The molecule has 0 fully saturated rings. The fraction of sp³-hybridized carbons (Fsp3) is 0.235. The van der Waals surface area contributed by atoms with Gasteiger partial charge in [-0.1, -0.05) is 0 Å². The van der Waals surface area contributed by atoms with Crippen LogP contribution in [0.25, 0.3) is 0 Å². The van der Waals surface area contributed by atoms with E-state index >= 15 is 0 Å². The molecule has 29 heavy (non-hydrogen) atoms. The molecule has 1 aromatic carbocycles. The lowest BCUT2D eigenvalue weighted by molar-refractivity contribution is -0.384. The van der Waals surface area contributed by atoms with Crippen molar-refractivity contribution in [3.05, 3.63) is 58.3 Å². The van der Waals surface area contributed by atoms with Crippen LogP contribution in [0.5, 0.6) is 0 Å². The summed E-state index contributed by atoms with van der Waals surface area (Å²) < 4.78 is 31.8. The molecule has 2 aliphatic heterocycles. The minimum Gasteiger partial charge on any atom is -0.449 e. The van der Waals surface area contributed by atoms with Crippen molar-refractivity contribution in [1.29, 1.82) is 0 Å². The Balaban J connectivity index is 1.60. The van der Waals surface area contributed by atoms with E-state index in [9.17, 15) is 28.1 Å².